The standard InChI is InChI=1S/C14H18N4O2/c1-9-5-3-4-6-11(9)14-17-12(18-20-14)8-16-13(19)7-10(2)15/h3-6,10H,7-8,15H2,1-2H3,(H,16,19). The minimum Gasteiger partial charge on any atom is -0.349 e. The van der Waals surface area contributed by atoms with Gasteiger partial charge in [0, 0.05) is 18.0 Å². The predicted octanol–water partition coefficient (Wildman–Crippen LogP) is 1.40. The van der Waals surface area contributed by atoms with Crippen LogP contribution in [0.5, 0.6) is 0 Å². The molecular formula is C14H18N4O2. The summed E-state index contributed by atoms with van der Waals surface area (Å²) in [6, 6.07) is 7.59. The van der Waals surface area contributed by atoms with Crippen LogP contribution in [0.25, 0.3) is 11.5 Å². The van der Waals surface area contributed by atoms with Crippen molar-refractivity contribution in [1.29, 1.82) is 0 Å². The summed E-state index contributed by atoms with van der Waals surface area (Å²) in [5, 5.41) is 6.56. The summed E-state index contributed by atoms with van der Waals surface area (Å²) in [7, 11) is 0. The van der Waals surface area contributed by atoms with Gasteiger partial charge in [-0.25, -0.2) is 0 Å². The van der Waals surface area contributed by atoms with Gasteiger partial charge in [-0.05, 0) is 25.5 Å². The largest absolute Gasteiger partial charge is 0.349 e. The van der Waals surface area contributed by atoms with Crippen molar-refractivity contribution < 1.29 is 9.32 Å². The summed E-state index contributed by atoms with van der Waals surface area (Å²) < 4.78 is 5.21. The molecule has 1 unspecified atom stereocenters. The number of carbonyl (C=O) groups excluding carboxylic acids is 1. The van der Waals surface area contributed by atoms with Gasteiger partial charge in [-0.15, -0.1) is 0 Å². The molecule has 1 aromatic heterocycles. The highest BCUT2D eigenvalue weighted by molar-refractivity contribution is 5.76. The zero-order valence-corrected chi connectivity index (χ0v) is 11.6. The number of nitrogens with zero attached hydrogens (tertiary/aromatic N) is 2. The van der Waals surface area contributed by atoms with Crippen LogP contribution in [0, 0.1) is 6.92 Å². The molecule has 1 aromatic carbocycles. The summed E-state index contributed by atoms with van der Waals surface area (Å²) in [6.07, 6.45) is 0.280. The van der Waals surface area contributed by atoms with Crippen LogP contribution in [0.4, 0.5) is 0 Å². The molecule has 0 bridgehead atoms. The zero-order valence-electron chi connectivity index (χ0n) is 11.6. The number of aromatic nitrogens is 2. The van der Waals surface area contributed by atoms with Gasteiger partial charge in [0.1, 0.15) is 0 Å². The molecule has 0 spiro atoms. The fourth-order valence-corrected chi connectivity index (χ4v) is 1.79. The van der Waals surface area contributed by atoms with Gasteiger partial charge in [0.25, 0.3) is 5.89 Å². The average molecular weight is 274 g/mol. The summed E-state index contributed by atoms with van der Waals surface area (Å²) in [6.45, 7) is 3.99. The van der Waals surface area contributed by atoms with E-state index in [4.69, 9.17) is 10.3 Å². The van der Waals surface area contributed by atoms with E-state index in [0.717, 1.165) is 11.1 Å². The molecule has 3 N–H and O–H groups in total. The lowest BCUT2D eigenvalue weighted by molar-refractivity contribution is -0.121. The smallest absolute Gasteiger partial charge is 0.258 e. The quantitative estimate of drug-likeness (QED) is 0.859. The summed E-state index contributed by atoms with van der Waals surface area (Å²) in [5.41, 5.74) is 7.50. The van der Waals surface area contributed by atoms with E-state index in [0.29, 0.717) is 11.7 Å². The first kappa shape index (κ1) is 14.2. The molecule has 2 rings (SSSR count). The van der Waals surface area contributed by atoms with E-state index in [2.05, 4.69) is 15.5 Å². The van der Waals surface area contributed by atoms with Crippen molar-refractivity contribution in [2.75, 3.05) is 0 Å². The van der Waals surface area contributed by atoms with Gasteiger partial charge in [-0.3, -0.25) is 4.79 Å². The molecule has 1 amide bonds. The van der Waals surface area contributed by atoms with E-state index in [9.17, 15) is 4.79 Å². The third-order valence-electron chi connectivity index (χ3n) is 2.79. The maximum absolute atomic E-state index is 11.5. The highest BCUT2D eigenvalue weighted by atomic mass is 16.5. The minimum absolute atomic E-state index is 0.123. The Morgan fingerprint density at radius 3 is 2.90 bits per heavy atom. The van der Waals surface area contributed by atoms with Crippen molar-refractivity contribution in [3.8, 4) is 11.5 Å². The molecule has 0 aliphatic heterocycles. The van der Waals surface area contributed by atoms with E-state index in [1.54, 1.807) is 6.92 Å². The Morgan fingerprint density at radius 2 is 2.20 bits per heavy atom. The highest BCUT2D eigenvalue weighted by Gasteiger charge is 2.11. The number of aryl methyl sites for hydroxylation is 1. The number of nitrogens with one attached hydrogen (secondary N) is 1. The molecule has 1 atom stereocenters. The number of benzene rings is 1. The number of nitrogens with two attached hydrogens (primary N) is 1. The molecule has 0 radical (unpaired) electrons. The molecular weight excluding hydrogens is 256 g/mol. The van der Waals surface area contributed by atoms with Crippen molar-refractivity contribution in [2.24, 2.45) is 5.73 Å². The molecule has 20 heavy (non-hydrogen) atoms. The van der Waals surface area contributed by atoms with Crippen LogP contribution in [0.1, 0.15) is 24.7 Å². The SMILES string of the molecule is Cc1ccccc1-c1nc(CNC(=O)CC(C)N)no1. The van der Waals surface area contributed by atoms with E-state index in [1.165, 1.54) is 0 Å². The molecule has 6 heteroatoms. The van der Waals surface area contributed by atoms with Gasteiger partial charge in [-0.2, -0.15) is 4.98 Å². The van der Waals surface area contributed by atoms with Crippen LogP contribution in [-0.2, 0) is 11.3 Å². The second-order valence-electron chi connectivity index (χ2n) is 4.79. The maximum atomic E-state index is 11.5. The van der Waals surface area contributed by atoms with Crippen molar-refractivity contribution >= 4 is 5.91 Å². The average Bonchev–Trinajstić information content (AvgIpc) is 2.85. The summed E-state index contributed by atoms with van der Waals surface area (Å²) in [4.78, 5) is 15.7. The van der Waals surface area contributed by atoms with Gasteiger partial charge < -0.3 is 15.6 Å². The Labute approximate surface area is 117 Å². The van der Waals surface area contributed by atoms with Crippen LogP contribution < -0.4 is 11.1 Å². The molecule has 6 nitrogen and oxygen atoms in total. The Balaban J connectivity index is 2.00. The zero-order chi connectivity index (χ0) is 14.5. The first-order chi connectivity index (χ1) is 9.56. The molecule has 1 heterocycles. The third-order valence-corrected chi connectivity index (χ3v) is 2.79. The van der Waals surface area contributed by atoms with Gasteiger partial charge in [0.2, 0.25) is 5.91 Å². The summed E-state index contributed by atoms with van der Waals surface area (Å²) in [5.74, 6) is 0.781. The van der Waals surface area contributed by atoms with Crippen LogP contribution >= 0.6 is 0 Å². The molecule has 2 aromatic rings. The molecule has 0 saturated carbocycles. The second kappa shape index (κ2) is 6.29. The monoisotopic (exact) mass is 274 g/mol. The Hall–Kier alpha value is -2.21. The lowest BCUT2D eigenvalue weighted by Crippen LogP contribution is -2.29. The van der Waals surface area contributed by atoms with Gasteiger partial charge in [-0.1, -0.05) is 23.4 Å². The van der Waals surface area contributed by atoms with Gasteiger partial charge >= 0.3 is 0 Å². The molecule has 0 aliphatic rings. The minimum atomic E-state index is -0.164. The third kappa shape index (κ3) is 3.64. The van der Waals surface area contributed by atoms with Crippen LogP contribution in [0.2, 0.25) is 0 Å². The van der Waals surface area contributed by atoms with Crippen molar-refractivity contribution in [3.63, 3.8) is 0 Å². The van der Waals surface area contributed by atoms with E-state index >= 15 is 0 Å². The van der Waals surface area contributed by atoms with E-state index in [1.807, 2.05) is 31.2 Å². The van der Waals surface area contributed by atoms with E-state index in [-0.39, 0.29) is 24.9 Å². The highest BCUT2D eigenvalue weighted by Crippen LogP contribution is 2.20. The number of hydrogen-bond acceptors (Lipinski definition) is 5. The fourth-order valence-electron chi connectivity index (χ4n) is 1.79. The molecule has 0 aliphatic carbocycles. The Bertz CT molecular complexity index is 592. The van der Waals surface area contributed by atoms with E-state index < -0.39 is 0 Å². The number of rotatable bonds is 5. The molecule has 0 fully saturated rings. The second-order valence-corrected chi connectivity index (χ2v) is 4.79. The van der Waals surface area contributed by atoms with Gasteiger partial charge in [0.15, 0.2) is 5.82 Å². The van der Waals surface area contributed by atoms with Crippen LogP contribution in [0.15, 0.2) is 28.8 Å². The topological polar surface area (TPSA) is 94.0 Å². The lowest BCUT2D eigenvalue weighted by Gasteiger charge is -2.04. The molecule has 106 valence electrons. The predicted molar refractivity (Wildman–Crippen MR) is 74.6 cm³/mol. The lowest BCUT2D eigenvalue weighted by atomic mass is 10.1. The van der Waals surface area contributed by atoms with Crippen molar-refractivity contribution in [1.82, 2.24) is 15.5 Å². The van der Waals surface area contributed by atoms with Gasteiger partial charge in [0.05, 0.1) is 6.54 Å². The van der Waals surface area contributed by atoms with Crippen molar-refractivity contribution in [2.45, 2.75) is 32.9 Å². The van der Waals surface area contributed by atoms with Crippen LogP contribution in [-0.4, -0.2) is 22.1 Å². The Morgan fingerprint density at radius 1 is 1.45 bits per heavy atom. The number of amides is 1. The number of hydrogen-bond donors (Lipinski definition) is 2. The Kier molecular flexibility index (Phi) is 4.47. The fraction of sp³-hybridized carbons (Fsp3) is 0.357. The van der Waals surface area contributed by atoms with Crippen molar-refractivity contribution in [3.05, 3.63) is 35.7 Å². The molecule has 0 saturated heterocycles. The normalized spacial score (nSPS) is 12.2. The summed E-state index contributed by atoms with van der Waals surface area (Å²) >= 11 is 0. The maximum Gasteiger partial charge on any atom is 0.258 e. The number of carbonyl (C=O) groups is 1. The first-order valence-electron chi connectivity index (χ1n) is 6.47. The van der Waals surface area contributed by atoms with Crippen LogP contribution in [0.3, 0.4) is 0 Å². The first-order valence-corrected chi connectivity index (χ1v) is 6.47.